The zero-order chi connectivity index (χ0) is 17.6. The zero-order valence-electron chi connectivity index (χ0n) is 13.6. The van der Waals surface area contributed by atoms with Crippen molar-refractivity contribution < 1.29 is 14.1 Å². The molecule has 0 saturated heterocycles. The number of rotatable bonds is 3. The molecule has 0 bridgehead atoms. The van der Waals surface area contributed by atoms with Gasteiger partial charge in [-0.3, -0.25) is 10.1 Å². The van der Waals surface area contributed by atoms with Crippen LogP contribution < -0.4 is 10.1 Å². The minimum absolute atomic E-state index is 0.0470. The number of nitro benzene ring substituents is 1. The second kappa shape index (κ2) is 5.88. The number of fused-ring (bicyclic) bond motifs is 3. The van der Waals surface area contributed by atoms with Gasteiger partial charge in [0.05, 0.1) is 18.1 Å². The Morgan fingerprint density at radius 1 is 1.28 bits per heavy atom. The van der Waals surface area contributed by atoms with Crippen LogP contribution in [-0.4, -0.2) is 12.0 Å². The normalized spacial score (nSPS) is 23.5. The fourth-order valence-corrected chi connectivity index (χ4v) is 3.94. The third kappa shape index (κ3) is 2.54. The topological polar surface area (TPSA) is 64.4 Å². The maximum atomic E-state index is 13.7. The molecule has 1 aliphatic heterocycles. The van der Waals surface area contributed by atoms with Crippen LogP contribution in [0.5, 0.6) is 5.75 Å². The molecule has 25 heavy (non-hydrogen) atoms. The Morgan fingerprint density at radius 3 is 2.88 bits per heavy atom. The summed E-state index contributed by atoms with van der Waals surface area (Å²) in [6.45, 7) is 0. The fraction of sp³-hybridized carbons (Fsp3) is 0.263. The minimum atomic E-state index is -0.432. The van der Waals surface area contributed by atoms with Gasteiger partial charge in [-0.15, -0.1) is 0 Å². The van der Waals surface area contributed by atoms with Crippen LogP contribution in [0.1, 0.15) is 29.5 Å². The van der Waals surface area contributed by atoms with E-state index in [-0.39, 0.29) is 35.1 Å². The summed E-state index contributed by atoms with van der Waals surface area (Å²) in [7, 11) is 1.42. The number of halogens is 1. The highest BCUT2D eigenvalue weighted by molar-refractivity contribution is 5.61. The highest BCUT2D eigenvalue weighted by Gasteiger charge is 2.38. The lowest BCUT2D eigenvalue weighted by molar-refractivity contribution is -0.385. The second-order valence-corrected chi connectivity index (χ2v) is 6.40. The number of methoxy groups -OCH3 is 1. The summed E-state index contributed by atoms with van der Waals surface area (Å²) < 4.78 is 18.7. The molecule has 0 radical (unpaired) electrons. The van der Waals surface area contributed by atoms with Crippen molar-refractivity contribution in [3.63, 3.8) is 0 Å². The first-order valence-corrected chi connectivity index (χ1v) is 8.13. The van der Waals surface area contributed by atoms with Crippen LogP contribution in [-0.2, 0) is 0 Å². The summed E-state index contributed by atoms with van der Waals surface area (Å²) in [6.07, 6.45) is 5.05. The van der Waals surface area contributed by atoms with Gasteiger partial charge in [-0.2, -0.15) is 0 Å². The molecule has 2 aliphatic rings. The van der Waals surface area contributed by atoms with Crippen molar-refractivity contribution >= 4 is 11.4 Å². The van der Waals surface area contributed by atoms with E-state index >= 15 is 0 Å². The molecule has 1 aliphatic carbocycles. The molecular weight excluding hydrogens is 323 g/mol. The summed E-state index contributed by atoms with van der Waals surface area (Å²) >= 11 is 0. The number of nitrogens with one attached hydrogen (secondary N) is 1. The van der Waals surface area contributed by atoms with E-state index < -0.39 is 4.92 Å². The number of ether oxygens (including phenoxy) is 1. The van der Waals surface area contributed by atoms with Crippen LogP contribution in [0.4, 0.5) is 15.8 Å². The quantitative estimate of drug-likeness (QED) is 0.505. The predicted molar refractivity (Wildman–Crippen MR) is 92.4 cm³/mol. The Balaban J connectivity index is 1.78. The van der Waals surface area contributed by atoms with E-state index in [0.29, 0.717) is 0 Å². The molecule has 2 aromatic carbocycles. The van der Waals surface area contributed by atoms with Crippen LogP contribution in [0, 0.1) is 21.8 Å². The van der Waals surface area contributed by atoms with Crippen molar-refractivity contribution in [3.8, 4) is 5.75 Å². The summed E-state index contributed by atoms with van der Waals surface area (Å²) in [5.74, 6) is 0.298. The molecular formula is C19H17FN2O3. The first kappa shape index (κ1) is 15.6. The van der Waals surface area contributed by atoms with Crippen molar-refractivity contribution in [1.29, 1.82) is 0 Å². The Morgan fingerprint density at radius 2 is 2.12 bits per heavy atom. The lowest BCUT2D eigenvalue weighted by atomic mass is 9.77. The average molecular weight is 340 g/mol. The molecule has 1 heterocycles. The molecule has 128 valence electrons. The van der Waals surface area contributed by atoms with Crippen LogP contribution in [0.2, 0.25) is 0 Å². The highest BCUT2D eigenvalue weighted by Crippen LogP contribution is 2.50. The van der Waals surface area contributed by atoms with E-state index in [1.807, 2.05) is 6.07 Å². The smallest absolute Gasteiger partial charge is 0.311 e. The van der Waals surface area contributed by atoms with E-state index in [4.69, 9.17) is 4.74 Å². The molecule has 0 saturated carbocycles. The number of hydrogen-bond donors (Lipinski definition) is 1. The van der Waals surface area contributed by atoms with Gasteiger partial charge in [-0.25, -0.2) is 4.39 Å². The van der Waals surface area contributed by atoms with Gasteiger partial charge in [0.2, 0.25) is 0 Å². The van der Waals surface area contributed by atoms with Crippen molar-refractivity contribution in [1.82, 2.24) is 0 Å². The Hall–Kier alpha value is -2.89. The minimum Gasteiger partial charge on any atom is -0.490 e. The number of hydrogen-bond acceptors (Lipinski definition) is 4. The predicted octanol–water partition coefficient (Wildman–Crippen LogP) is 4.57. The second-order valence-electron chi connectivity index (χ2n) is 6.40. The molecule has 4 rings (SSSR count). The van der Waals surface area contributed by atoms with E-state index in [9.17, 15) is 14.5 Å². The van der Waals surface area contributed by atoms with Crippen molar-refractivity contribution in [2.24, 2.45) is 5.92 Å². The van der Waals surface area contributed by atoms with Gasteiger partial charge in [0.15, 0.2) is 5.75 Å². The molecule has 0 unspecified atom stereocenters. The van der Waals surface area contributed by atoms with Crippen LogP contribution in [0.15, 0.2) is 48.6 Å². The number of benzene rings is 2. The highest BCUT2D eigenvalue weighted by atomic mass is 19.1. The van der Waals surface area contributed by atoms with Crippen molar-refractivity contribution in [2.75, 3.05) is 12.4 Å². The molecule has 1 N–H and O–H groups in total. The van der Waals surface area contributed by atoms with Crippen molar-refractivity contribution in [2.45, 2.75) is 18.4 Å². The number of allylic oxidation sites excluding steroid dienone is 2. The Kier molecular flexibility index (Phi) is 3.67. The molecule has 0 amide bonds. The Bertz CT molecular complexity index is 881. The maximum Gasteiger partial charge on any atom is 0.311 e. The van der Waals surface area contributed by atoms with E-state index in [1.165, 1.54) is 13.2 Å². The summed E-state index contributed by atoms with van der Waals surface area (Å²) in [5.41, 5.74) is 2.60. The molecule has 5 nitrogen and oxygen atoms in total. The molecule has 0 spiro atoms. The van der Waals surface area contributed by atoms with E-state index in [1.54, 1.807) is 24.3 Å². The molecule has 6 heteroatoms. The van der Waals surface area contributed by atoms with Crippen molar-refractivity contribution in [3.05, 3.63) is 75.6 Å². The van der Waals surface area contributed by atoms with Gasteiger partial charge >= 0.3 is 5.69 Å². The average Bonchev–Trinajstić information content (AvgIpc) is 3.10. The van der Waals surface area contributed by atoms with Gasteiger partial charge in [-0.05, 0) is 47.7 Å². The lowest BCUT2D eigenvalue weighted by Gasteiger charge is -2.37. The number of nitro groups is 1. The molecule has 3 atom stereocenters. The number of nitrogens with zero attached hydrogens (tertiary/aromatic N) is 1. The molecule has 0 aromatic heterocycles. The monoisotopic (exact) mass is 340 g/mol. The summed E-state index contributed by atoms with van der Waals surface area (Å²) in [4.78, 5) is 10.9. The largest absolute Gasteiger partial charge is 0.490 e. The SMILES string of the molecule is COc1ccc([C@H]2Nc3ccc(F)cc3[C@H]3C=CC[C@@H]32)cc1[N+](=O)[O-]. The van der Waals surface area contributed by atoms with Gasteiger partial charge in [-0.1, -0.05) is 18.2 Å². The van der Waals surface area contributed by atoms with E-state index in [0.717, 1.165) is 23.2 Å². The third-order valence-electron chi connectivity index (χ3n) is 5.08. The lowest BCUT2D eigenvalue weighted by Crippen LogP contribution is -2.29. The standard InChI is InChI=1S/C19H17FN2O3/c1-25-18-8-5-11(9-17(18)22(23)24)19-14-4-2-3-13(14)15-10-12(20)6-7-16(15)21-19/h2-3,5-10,13-14,19,21H,4H2,1H3/t13-,14-,19+/m0/s1. The van der Waals surface area contributed by atoms with Gasteiger partial charge < -0.3 is 10.1 Å². The zero-order valence-corrected chi connectivity index (χ0v) is 13.6. The van der Waals surface area contributed by atoms with Crippen LogP contribution in [0.25, 0.3) is 0 Å². The van der Waals surface area contributed by atoms with Gasteiger partial charge in [0, 0.05) is 17.7 Å². The first-order chi connectivity index (χ1) is 12.1. The summed E-state index contributed by atoms with van der Waals surface area (Å²) in [5, 5.41) is 14.8. The Labute approximate surface area is 144 Å². The van der Waals surface area contributed by atoms with E-state index in [2.05, 4.69) is 17.5 Å². The fourth-order valence-electron chi connectivity index (χ4n) is 3.94. The number of anilines is 1. The molecule has 2 aromatic rings. The van der Waals surface area contributed by atoms with Gasteiger partial charge in [0.1, 0.15) is 5.82 Å². The summed E-state index contributed by atoms with van der Waals surface area (Å²) in [6, 6.07) is 9.71. The van der Waals surface area contributed by atoms with Gasteiger partial charge in [0.25, 0.3) is 0 Å². The molecule has 0 fully saturated rings. The van der Waals surface area contributed by atoms with Crippen LogP contribution >= 0.6 is 0 Å². The first-order valence-electron chi connectivity index (χ1n) is 8.13. The third-order valence-corrected chi connectivity index (χ3v) is 5.08. The van der Waals surface area contributed by atoms with Crippen LogP contribution in [0.3, 0.4) is 0 Å². The maximum absolute atomic E-state index is 13.7.